The molecule has 4 rings (SSSR count). The predicted octanol–water partition coefficient (Wildman–Crippen LogP) is 1.76. The lowest BCUT2D eigenvalue weighted by atomic mass is 9.97. The number of nitrogens with zero attached hydrogens (tertiary/aromatic N) is 5. The lowest BCUT2D eigenvalue weighted by molar-refractivity contribution is -0.128. The van der Waals surface area contributed by atoms with E-state index in [4.69, 9.17) is 0 Å². The minimum absolute atomic E-state index is 0.0447. The van der Waals surface area contributed by atoms with E-state index in [2.05, 4.69) is 30.6 Å². The number of hydrogen-bond acceptors (Lipinski definition) is 6. The van der Waals surface area contributed by atoms with Gasteiger partial charge in [0, 0.05) is 30.5 Å². The molecule has 0 aromatic carbocycles. The molecule has 9 heteroatoms. The average molecular weight is 426 g/mol. The third kappa shape index (κ3) is 5.66. The van der Waals surface area contributed by atoms with Gasteiger partial charge in [0.2, 0.25) is 11.8 Å². The smallest absolute Gasteiger partial charge is 0.252 e. The van der Waals surface area contributed by atoms with E-state index >= 15 is 0 Å². The van der Waals surface area contributed by atoms with Gasteiger partial charge in [0.15, 0.2) is 0 Å². The van der Waals surface area contributed by atoms with E-state index in [0.29, 0.717) is 24.2 Å². The molecule has 1 saturated heterocycles. The molecule has 3 heterocycles. The minimum atomic E-state index is -0.135. The SMILES string of the molecule is Cc1cc(C)nc(-n2nc(C)cc2NC(=O)CN2CCCC(C(=O)NCC3CC3)C2)n1. The fourth-order valence-corrected chi connectivity index (χ4v) is 4.05. The standard InChI is InChI=1S/C22H31N7O2/c1-14-9-15(2)25-22(24-14)29-19(10-16(3)27-29)26-20(30)13-28-8-4-5-18(12-28)21(31)23-11-17-6-7-17/h9-10,17-18H,4-8,11-13H2,1-3H3,(H,23,31)(H,26,30). The van der Waals surface area contributed by atoms with Crippen LogP contribution in [0.25, 0.3) is 5.95 Å². The molecule has 2 fully saturated rings. The second-order valence-corrected chi connectivity index (χ2v) is 8.84. The zero-order valence-corrected chi connectivity index (χ0v) is 18.5. The summed E-state index contributed by atoms with van der Waals surface area (Å²) in [4.78, 5) is 36.2. The van der Waals surface area contributed by atoms with Gasteiger partial charge in [0.1, 0.15) is 5.82 Å². The maximum absolute atomic E-state index is 12.8. The maximum atomic E-state index is 12.8. The van der Waals surface area contributed by atoms with Crippen LogP contribution in [0, 0.1) is 32.6 Å². The van der Waals surface area contributed by atoms with Crippen LogP contribution in [0.4, 0.5) is 5.82 Å². The summed E-state index contributed by atoms with van der Waals surface area (Å²) >= 11 is 0. The number of hydrogen-bond donors (Lipinski definition) is 2. The normalized spacial score (nSPS) is 19.3. The summed E-state index contributed by atoms with van der Waals surface area (Å²) in [5.74, 6) is 1.59. The Bertz CT molecular complexity index is 947. The van der Waals surface area contributed by atoms with E-state index in [1.54, 1.807) is 4.68 Å². The number of amides is 2. The van der Waals surface area contributed by atoms with Crippen LogP contribution >= 0.6 is 0 Å². The van der Waals surface area contributed by atoms with Gasteiger partial charge in [0.25, 0.3) is 5.95 Å². The van der Waals surface area contributed by atoms with Crippen LogP contribution < -0.4 is 10.6 Å². The second kappa shape index (κ2) is 9.13. The molecule has 31 heavy (non-hydrogen) atoms. The molecule has 166 valence electrons. The Morgan fingerprint density at radius 2 is 1.81 bits per heavy atom. The molecule has 1 aliphatic heterocycles. The highest BCUT2D eigenvalue weighted by Gasteiger charge is 2.29. The molecule has 1 atom stereocenters. The first-order valence-corrected chi connectivity index (χ1v) is 11.1. The van der Waals surface area contributed by atoms with Gasteiger partial charge in [-0.15, -0.1) is 0 Å². The first-order valence-electron chi connectivity index (χ1n) is 11.1. The number of carbonyl (C=O) groups is 2. The van der Waals surface area contributed by atoms with Gasteiger partial charge in [-0.2, -0.15) is 9.78 Å². The van der Waals surface area contributed by atoms with Crippen LogP contribution in [0.1, 0.15) is 42.8 Å². The third-order valence-corrected chi connectivity index (χ3v) is 5.76. The first-order chi connectivity index (χ1) is 14.9. The molecule has 0 spiro atoms. The molecule has 0 radical (unpaired) electrons. The van der Waals surface area contributed by atoms with Crippen molar-refractivity contribution in [3.8, 4) is 5.95 Å². The molecule has 2 amide bonds. The van der Waals surface area contributed by atoms with Gasteiger partial charge in [-0.3, -0.25) is 14.5 Å². The van der Waals surface area contributed by atoms with Crippen molar-refractivity contribution in [3.63, 3.8) is 0 Å². The Kier molecular flexibility index (Phi) is 6.31. The highest BCUT2D eigenvalue weighted by molar-refractivity contribution is 5.91. The van der Waals surface area contributed by atoms with Crippen molar-refractivity contribution < 1.29 is 9.59 Å². The van der Waals surface area contributed by atoms with E-state index < -0.39 is 0 Å². The van der Waals surface area contributed by atoms with E-state index in [1.807, 2.05) is 32.9 Å². The largest absolute Gasteiger partial charge is 0.356 e. The van der Waals surface area contributed by atoms with E-state index in [9.17, 15) is 9.59 Å². The van der Waals surface area contributed by atoms with E-state index in [1.165, 1.54) is 12.8 Å². The lowest BCUT2D eigenvalue weighted by Crippen LogP contribution is -2.45. The summed E-state index contributed by atoms with van der Waals surface area (Å²) < 4.78 is 1.57. The van der Waals surface area contributed by atoms with Crippen molar-refractivity contribution in [2.24, 2.45) is 11.8 Å². The summed E-state index contributed by atoms with van der Waals surface area (Å²) in [6, 6.07) is 3.70. The molecule has 1 aliphatic carbocycles. The topological polar surface area (TPSA) is 105 Å². The van der Waals surface area contributed by atoms with Crippen molar-refractivity contribution in [1.29, 1.82) is 0 Å². The molecule has 2 aromatic heterocycles. The first kappa shape index (κ1) is 21.4. The molecule has 1 saturated carbocycles. The van der Waals surface area contributed by atoms with E-state index in [-0.39, 0.29) is 24.3 Å². The number of anilines is 1. The Balaban J connectivity index is 1.37. The second-order valence-electron chi connectivity index (χ2n) is 8.84. The van der Waals surface area contributed by atoms with Gasteiger partial charge < -0.3 is 10.6 Å². The number of rotatable bonds is 7. The maximum Gasteiger partial charge on any atom is 0.252 e. The summed E-state index contributed by atoms with van der Waals surface area (Å²) in [7, 11) is 0. The predicted molar refractivity (Wildman–Crippen MR) is 117 cm³/mol. The van der Waals surface area contributed by atoms with Crippen molar-refractivity contribution >= 4 is 17.6 Å². The highest BCUT2D eigenvalue weighted by Crippen LogP contribution is 2.28. The van der Waals surface area contributed by atoms with Crippen molar-refractivity contribution in [3.05, 3.63) is 29.2 Å². The monoisotopic (exact) mass is 425 g/mol. The Morgan fingerprint density at radius 1 is 1.06 bits per heavy atom. The fourth-order valence-electron chi connectivity index (χ4n) is 4.05. The van der Waals surface area contributed by atoms with Crippen molar-refractivity contribution in [1.82, 2.24) is 30.0 Å². The number of aryl methyl sites for hydroxylation is 3. The summed E-state index contributed by atoms with van der Waals surface area (Å²) in [5, 5.41) is 10.5. The summed E-state index contributed by atoms with van der Waals surface area (Å²) in [5.41, 5.74) is 2.45. The minimum Gasteiger partial charge on any atom is -0.356 e. The Labute approximate surface area is 182 Å². The zero-order chi connectivity index (χ0) is 22.0. The van der Waals surface area contributed by atoms with Gasteiger partial charge >= 0.3 is 0 Å². The molecule has 2 N–H and O–H groups in total. The molecular formula is C22H31N7O2. The van der Waals surface area contributed by atoms with Gasteiger partial charge in [-0.05, 0) is 65.0 Å². The van der Waals surface area contributed by atoms with E-state index in [0.717, 1.165) is 43.0 Å². The van der Waals surface area contributed by atoms with Crippen LogP contribution in [-0.4, -0.2) is 62.6 Å². The Hall–Kier alpha value is -2.81. The van der Waals surface area contributed by atoms with Crippen LogP contribution in [0.3, 0.4) is 0 Å². The van der Waals surface area contributed by atoms with Crippen molar-refractivity contribution in [2.45, 2.75) is 46.5 Å². The molecule has 0 bridgehead atoms. The summed E-state index contributed by atoms with van der Waals surface area (Å²) in [6.45, 7) is 8.13. The quantitative estimate of drug-likeness (QED) is 0.700. The van der Waals surface area contributed by atoms with Gasteiger partial charge in [0.05, 0.1) is 18.2 Å². The molecular weight excluding hydrogens is 394 g/mol. The average Bonchev–Trinajstić information content (AvgIpc) is 3.47. The zero-order valence-electron chi connectivity index (χ0n) is 18.5. The van der Waals surface area contributed by atoms with Gasteiger partial charge in [-0.25, -0.2) is 9.97 Å². The molecule has 2 aliphatic rings. The molecule has 2 aromatic rings. The Morgan fingerprint density at radius 3 is 2.52 bits per heavy atom. The number of nitrogens with one attached hydrogen (secondary N) is 2. The third-order valence-electron chi connectivity index (χ3n) is 5.76. The molecule has 9 nitrogen and oxygen atoms in total. The molecule has 1 unspecified atom stereocenters. The highest BCUT2D eigenvalue weighted by atomic mass is 16.2. The van der Waals surface area contributed by atoms with Crippen LogP contribution in [0.5, 0.6) is 0 Å². The summed E-state index contributed by atoms with van der Waals surface area (Å²) in [6.07, 6.45) is 4.24. The number of aromatic nitrogens is 4. The fraction of sp³-hybridized carbons (Fsp3) is 0.591. The van der Waals surface area contributed by atoms with Crippen molar-refractivity contribution in [2.75, 3.05) is 31.5 Å². The number of likely N-dealkylation sites (tertiary alicyclic amines) is 1. The lowest BCUT2D eigenvalue weighted by Gasteiger charge is -2.31. The number of piperidine rings is 1. The van der Waals surface area contributed by atoms with Crippen LogP contribution in [0.2, 0.25) is 0 Å². The van der Waals surface area contributed by atoms with Crippen LogP contribution in [-0.2, 0) is 9.59 Å². The van der Waals surface area contributed by atoms with Gasteiger partial charge in [-0.1, -0.05) is 0 Å². The van der Waals surface area contributed by atoms with Crippen LogP contribution in [0.15, 0.2) is 12.1 Å². The number of carbonyl (C=O) groups excluding carboxylic acids is 2.